The largest absolute Gasteiger partial charge is 0.497 e. The molecule has 2 aromatic carbocycles. The van der Waals surface area contributed by atoms with Crippen LogP contribution in [-0.2, 0) is 4.79 Å². The monoisotopic (exact) mass is 398 g/mol. The Bertz CT molecular complexity index is 936. The van der Waals surface area contributed by atoms with E-state index >= 15 is 0 Å². The molecule has 6 nitrogen and oxygen atoms in total. The lowest BCUT2D eigenvalue weighted by molar-refractivity contribution is -0.135. The molecule has 0 aliphatic carbocycles. The number of thiazole rings is 1. The Morgan fingerprint density at radius 1 is 1.14 bits per heavy atom. The number of nitrogens with zero attached hydrogens (tertiary/aromatic N) is 2. The second-order valence-electron chi connectivity index (χ2n) is 6.61. The molecule has 2 heterocycles. The molecule has 0 bridgehead atoms. The summed E-state index contributed by atoms with van der Waals surface area (Å²) in [4.78, 5) is 18.7. The molecular weight excluding hydrogens is 376 g/mol. The number of carbonyl (C=O) groups excluding carboxylic acids is 1. The van der Waals surface area contributed by atoms with E-state index in [4.69, 9.17) is 14.2 Å². The maximum absolute atomic E-state index is 12.4. The maximum atomic E-state index is 12.4. The Labute approximate surface area is 167 Å². The van der Waals surface area contributed by atoms with Crippen molar-refractivity contribution in [2.45, 2.75) is 18.9 Å². The first-order chi connectivity index (χ1) is 13.7. The van der Waals surface area contributed by atoms with Gasteiger partial charge in [0.1, 0.15) is 17.6 Å². The zero-order chi connectivity index (χ0) is 19.3. The standard InChI is InChI=1S/C21H22N2O4S/c1-25-17-7-8-18-19(13-17)28-21(22-18)27-16-9-11-23(12-10-16)20(24)14-26-15-5-3-2-4-6-15/h2-8,13,16H,9-12,14H2,1H3. The van der Waals surface area contributed by atoms with E-state index < -0.39 is 0 Å². The second-order valence-corrected chi connectivity index (χ2v) is 7.61. The molecule has 1 fully saturated rings. The molecule has 1 amide bonds. The van der Waals surface area contributed by atoms with Gasteiger partial charge in [-0.05, 0) is 30.3 Å². The fraction of sp³-hybridized carbons (Fsp3) is 0.333. The van der Waals surface area contributed by atoms with Crippen LogP contribution in [0.3, 0.4) is 0 Å². The van der Waals surface area contributed by atoms with Gasteiger partial charge in [0.15, 0.2) is 6.61 Å². The number of benzene rings is 2. The smallest absolute Gasteiger partial charge is 0.274 e. The van der Waals surface area contributed by atoms with E-state index in [-0.39, 0.29) is 18.6 Å². The molecule has 146 valence electrons. The van der Waals surface area contributed by atoms with Gasteiger partial charge in [0.05, 0.1) is 17.3 Å². The van der Waals surface area contributed by atoms with Crippen molar-refractivity contribution in [2.24, 2.45) is 0 Å². The lowest BCUT2D eigenvalue weighted by Gasteiger charge is -2.31. The number of ether oxygens (including phenoxy) is 3. The van der Waals surface area contributed by atoms with Crippen molar-refractivity contribution < 1.29 is 19.0 Å². The third kappa shape index (κ3) is 4.36. The number of rotatable bonds is 6. The van der Waals surface area contributed by atoms with Gasteiger partial charge < -0.3 is 19.1 Å². The van der Waals surface area contributed by atoms with Gasteiger partial charge in [-0.2, -0.15) is 0 Å². The van der Waals surface area contributed by atoms with E-state index in [1.54, 1.807) is 7.11 Å². The lowest BCUT2D eigenvalue weighted by Crippen LogP contribution is -2.43. The van der Waals surface area contributed by atoms with Crippen molar-refractivity contribution >= 4 is 27.5 Å². The van der Waals surface area contributed by atoms with Crippen molar-refractivity contribution in [1.29, 1.82) is 0 Å². The van der Waals surface area contributed by atoms with Gasteiger partial charge in [-0.3, -0.25) is 4.79 Å². The molecule has 28 heavy (non-hydrogen) atoms. The first-order valence-electron chi connectivity index (χ1n) is 9.28. The van der Waals surface area contributed by atoms with Gasteiger partial charge in [0.2, 0.25) is 0 Å². The summed E-state index contributed by atoms with van der Waals surface area (Å²) in [5.74, 6) is 1.53. The molecule has 1 aliphatic rings. The molecule has 7 heteroatoms. The van der Waals surface area contributed by atoms with Crippen molar-refractivity contribution in [3.05, 3.63) is 48.5 Å². The predicted octanol–water partition coefficient (Wildman–Crippen LogP) is 3.75. The number of piperidine rings is 1. The Hall–Kier alpha value is -2.80. The summed E-state index contributed by atoms with van der Waals surface area (Å²) in [6.07, 6.45) is 1.65. The van der Waals surface area contributed by atoms with Gasteiger partial charge in [0, 0.05) is 25.9 Å². The first kappa shape index (κ1) is 18.6. The summed E-state index contributed by atoms with van der Waals surface area (Å²) >= 11 is 1.52. The first-order valence-corrected chi connectivity index (χ1v) is 10.1. The molecule has 3 aromatic rings. The van der Waals surface area contributed by atoms with Crippen molar-refractivity contribution in [3.8, 4) is 16.7 Å². The van der Waals surface area contributed by atoms with Gasteiger partial charge in [-0.15, -0.1) is 0 Å². The van der Waals surface area contributed by atoms with Crippen LogP contribution >= 0.6 is 11.3 Å². The summed E-state index contributed by atoms with van der Waals surface area (Å²) in [6, 6.07) is 15.2. The fourth-order valence-corrected chi connectivity index (χ4v) is 4.09. The third-order valence-corrected chi connectivity index (χ3v) is 5.65. The van der Waals surface area contributed by atoms with Crippen LogP contribution in [0.2, 0.25) is 0 Å². The van der Waals surface area contributed by atoms with Crippen molar-refractivity contribution in [2.75, 3.05) is 26.8 Å². The van der Waals surface area contributed by atoms with Crippen molar-refractivity contribution in [1.82, 2.24) is 9.88 Å². The molecule has 1 aliphatic heterocycles. The second kappa shape index (κ2) is 8.48. The Balaban J connectivity index is 1.27. The fourth-order valence-electron chi connectivity index (χ4n) is 3.18. The van der Waals surface area contributed by atoms with E-state index in [0.29, 0.717) is 24.0 Å². The molecule has 0 radical (unpaired) electrons. The Morgan fingerprint density at radius 3 is 2.68 bits per heavy atom. The number of amides is 1. The minimum atomic E-state index is 0.00869. The lowest BCUT2D eigenvalue weighted by atomic mass is 10.1. The average Bonchev–Trinajstić information content (AvgIpc) is 3.14. The van der Waals surface area contributed by atoms with E-state index in [2.05, 4.69) is 4.98 Å². The quantitative estimate of drug-likeness (QED) is 0.633. The van der Waals surface area contributed by atoms with E-state index in [0.717, 1.165) is 28.8 Å². The van der Waals surface area contributed by atoms with Crippen LogP contribution in [0.4, 0.5) is 0 Å². The molecule has 0 atom stereocenters. The number of para-hydroxylation sites is 1. The molecule has 0 unspecified atom stereocenters. The number of aromatic nitrogens is 1. The summed E-state index contributed by atoms with van der Waals surface area (Å²) in [6.45, 7) is 1.40. The SMILES string of the molecule is COc1ccc2nc(OC3CCN(C(=O)COc4ccccc4)CC3)sc2c1. The number of hydrogen-bond acceptors (Lipinski definition) is 6. The van der Waals surface area contributed by atoms with Gasteiger partial charge in [-0.25, -0.2) is 4.98 Å². The number of likely N-dealkylation sites (tertiary alicyclic amines) is 1. The molecule has 1 aromatic heterocycles. The third-order valence-electron chi connectivity index (χ3n) is 4.74. The predicted molar refractivity (Wildman–Crippen MR) is 108 cm³/mol. The molecule has 1 saturated heterocycles. The van der Waals surface area contributed by atoms with Crippen LogP contribution in [0, 0.1) is 0 Å². The van der Waals surface area contributed by atoms with Gasteiger partial charge in [0.25, 0.3) is 11.1 Å². The summed E-state index contributed by atoms with van der Waals surface area (Å²) in [5, 5.41) is 0.667. The zero-order valence-electron chi connectivity index (χ0n) is 15.7. The van der Waals surface area contributed by atoms with Crippen LogP contribution in [-0.4, -0.2) is 48.7 Å². The highest BCUT2D eigenvalue weighted by Gasteiger charge is 2.25. The van der Waals surface area contributed by atoms with Crippen LogP contribution < -0.4 is 14.2 Å². The Kier molecular flexibility index (Phi) is 5.62. The topological polar surface area (TPSA) is 60.9 Å². The number of methoxy groups -OCH3 is 1. The van der Waals surface area contributed by atoms with E-state index in [1.807, 2.05) is 53.4 Å². The zero-order valence-corrected chi connectivity index (χ0v) is 16.5. The minimum absolute atomic E-state index is 0.00869. The maximum Gasteiger partial charge on any atom is 0.274 e. The van der Waals surface area contributed by atoms with Crippen LogP contribution in [0.5, 0.6) is 16.7 Å². The van der Waals surface area contributed by atoms with Gasteiger partial charge >= 0.3 is 0 Å². The Morgan fingerprint density at radius 2 is 1.93 bits per heavy atom. The van der Waals surface area contributed by atoms with Crippen molar-refractivity contribution in [3.63, 3.8) is 0 Å². The highest BCUT2D eigenvalue weighted by atomic mass is 32.1. The highest BCUT2D eigenvalue weighted by molar-refractivity contribution is 7.20. The summed E-state index contributed by atoms with van der Waals surface area (Å²) in [7, 11) is 1.65. The molecular formula is C21H22N2O4S. The van der Waals surface area contributed by atoms with E-state index in [9.17, 15) is 4.79 Å². The van der Waals surface area contributed by atoms with Crippen LogP contribution in [0.25, 0.3) is 10.2 Å². The van der Waals surface area contributed by atoms with E-state index in [1.165, 1.54) is 11.3 Å². The minimum Gasteiger partial charge on any atom is -0.497 e. The van der Waals surface area contributed by atoms with Crippen LogP contribution in [0.1, 0.15) is 12.8 Å². The summed E-state index contributed by atoms with van der Waals surface area (Å²) < 4.78 is 17.9. The summed E-state index contributed by atoms with van der Waals surface area (Å²) in [5.41, 5.74) is 0.909. The molecule has 4 rings (SSSR count). The average molecular weight is 398 g/mol. The van der Waals surface area contributed by atoms with Crippen LogP contribution in [0.15, 0.2) is 48.5 Å². The van der Waals surface area contributed by atoms with Gasteiger partial charge in [-0.1, -0.05) is 29.5 Å². The number of carbonyl (C=O) groups is 1. The molecule has 0 saturated carbocycles. The number of hydrogen-bond donors (Lipinski definition) is 0. The molecule has 0 N–H and O–H groups in total. The number of fused-ring (bicyclic) bond motifs is 1. The normalized spacial score (nSPS) is 14.8. The molecule has 0 spiro atoms. The highest BCUT2D eigenvalue weighted by Crippen LogP contribution is 2.32.